The molecule has 0 radical (unpaired) electrons. The van der Waals surface area contributed by atoms with Crippen LogP contribution in [0.2, 0.25) is 0 Å². The molecular weight excluding hydrogens is 737 g/mol. The average molecular weight is 818 g/mol. The Morgan fingerprint density at radius 1 is 0.561 bits per heavy atom. The van der Waals surface area contributed by atoms with Gasteiger partial charge in [0, 0.05) is 19.4 Å². The molecule has 0 amide bonds. The number of phosphoric ester groups is 1. The molecule has 0 aromatic heterocycles. The lowest BCUT2D eigenvalue weighted by atomic mass is 10.1. The quantitative estimate of drug-likeness (QED) is 0.0280. The van der Waals surface area contributed by atoms with Gasteiger partial charge in [0.2, 0.25) is 0 Å². The summed E-state index contributed by atoms with van der Waals surface area (Å²) in [6.45, 7) is 4.10. The fourth-order valence-electron chi connectivity index (χ4n) is 5.33. The van der Waals surface area contributed by atoms with Crippen molar-refractivity contribution in [2.75, 3.05) is 40.5 Å². The zero-order valence-electron chi connectivity index (χ0n) is 36.2. The van der Waals surface area contributed by atoms with E-state index >= 15 is 0 Å². The summed E-state index contributed by atoms with van der Waals surface area (Å²) in [5.41, 5.74) is 0. The summed E-state index contributed by atoms with van der Waals surface area (Å²) in [5.74, 6) is -0.865. The molecule has 2 atom stereocenters. The molecule has 0 saturated heterocycles. The zero-order valence-corrected chi connectivity index (χ0v) is 37.1. The minimum atomic E-state index is -4.38. The van der Waals surface area contributed by atoms with Crippen LogP contribution in [0, 0.1) is 0 Å². The smallest absolute Gasteiger partial charge is 0.462 e. The summed E-state index contributed by atoms with van der Waals surface area (Å²) < 4.78 is 33.4. The first kappa shape index (κ1) is 54.2. The second-order valence-corrected chi connectivity index (χ2v) is 15.9. The number of esters is 2. The summed E-state index contributed by atoms with van der Waals surface area (Å²) in [6.07, 6.45) is 50.5. The predicted octanol–water partition coefficient (Wildman–Crippen LogP) is 12.7. The van der Waals surface area contributed by atoms with Gasteiger partial charge in [-0.2, -0.15) is 0 Å². The van der Waals surface area contributed by atoms with Crippen LogP contribution in [0.5, 0.6) is 0 Å². The molecule has 1 N–H and O–H groups in total. The third-order valence-corrected chi connectivity index (χ3v) is 9.67. The number of ether oxygens (including phenoxy) is 2. The van der Waals surface area contributed by atoms with Crippen molar-refractivity contribution < 1.29 is 37.6 Å². The second-order valence-electron chi connectivity index (χ2n) is 14.5. The van der Waals surface area contributed by atoms with Crippen molar-refractivity contribution in [1.29, 1.82) is 0 Å². The summed E-state index contributed by atoms with van der Waals surface area (Å²) in [6, 6.07) is 0. The van der Waals surface area contributed by atoms with Crippen LogP contribution < -0.4 is 0 Å². The van der Waals surface area contributed by atoms with Crippen LogP contribution >= 0.6 is 7.82 Å². The lowest BCUT2D eigenvalue weighted by molar-refractivity contribution is -0.161. The maximum atomic E-state index is 12.7. The summed E-state index contributed by atoms with van der Waals surface area (Å²) >= 11 is 0. The number of carbonyl (C=O) groups is 2. The Labute approximate surface area is 348 Å². The van der Waals surface area contributed by atoms with Gasteiger partial charge in [-0.05, 0) is 104 Å². The zero-order chi connectivity index (χ0) is 41.9. The molecule has 0 rings (SSSR count). The van der Waals surface area contributed by atoms with E-state index in [1.54, 1.807) is 0 Å². The van der Waals surface area contributed by atoms with Crippen molar-refractivity contribution >= 4 is 19.8 Å². The highest BCUT2D eigenvalue weighted by Crippen LogP contribution is 2.43. The Morgan fingerprint density at radius 2 is 1.00 bits per heavy atom. The van der Waals surface area contributed by atoms with Crippen molar-refractivity contribution in [3.05, 3.63) is 85.1 Å². The highest BCUT2D eigenvalue weighted by Gasteiger charge is 2.26. The number of hydrogen-bond acceptors (Lipinski definition) is 8. The van der Waals surface area contributed by atoms with Gasteiger partial charge in [-0.15, -0.1) is 0 Å². The Balaban J connectivity index is 4.40. The molecule has 0 spiro atoms. The van der Waals surface area contributed by atoms with E-state index in [9.17, 15) is 19.0 Å². The average Bonchev–Trinajstić information content (AvgIpc) is 3.18. The van der Waals surface area contributed by atoms with Gasteiger partial charge in [0.1, 0.15) is 6.61 Å². The van der Waals surface area contributed by atoms with E-state index in [1.165, 1.54) is 25.7 Å². The van der Waals surface area contributed by atoms with Gasteiger partial charge in [0.05, 0.1) is 13.2 Å². The third-order valence-electron chi connectivity index (χ3n) is 8.69. The van der Waals surface area contributed by atoms with Crippen LogP contribution in [0.4, 0.5) is 0 Å². The van der Waals surface area contributed by atoms with E-state index in [4.69, 9.17) is 18.5 Å². The van der Waals surface area contributed by atoms with Crippen molar-refractivity contribution in [3.8, 4) is 0 Å². The molecule has 0 aromatic carbocycles. The molecule has 326 valence electrons. The van der Waals surface area contributed by atoms with Gasteiger partial charge in [-0.1, -0.05) is 137 Å². The van der Waals surface area contributed by atoms with Gasteiger partial charge in [-0.3, -0.25) is 18.6 Å². The minimum Gasteiger partial charge on any atom is -0.462 e. The molecule has 0 aliphatic carbocycles. The van der Waals surface area contributed by atoms with Gasteiger partial charge < -0.3 is 19.3 Å². The second kappa shape index (κ2) is 41.4. The fraction of sp³-hybridized carbons (Fsp3) is 0.660. The van der Waals surface area contributed by atoms with Crippen LogP contribution in [-0.4, -0.2) is 68.3 Å². The lowest BCUT2D eigenvalue weighted by Gasteiger charge is -2.20. The number of unbranched alkanes of at least 4 members (excludes halogenated alkanes) is 11. The first-order chi connectivity index (χ1) is 27.7. The minimum absolute atomic E-state index is 0.00656. The van der Waals surface area contributed by atoms with Crippen molar-refractivity contribution in [3.63, 3.8) is 0 Å². The molecule has 0 saturated carbocycles. The maximum absolute atomic E-state index is 12.7. The summed E-state index contributed by atoms with van der Waals surface area (Å²) in [4.78, 5) is 37.0. The molecule has 0 aliphatic rings. The van der Waals surface area contributed by atoms with Crippen LogP contribution in [0.15, 0.2) is 85.1 Å². The maximum Gasteiger partial charge on any atom is 0.472 e. The molecule has 10 heteroatoms. The van der Waals surface area contributed by atoms with E-state index < -0.39 is 32.5 Å². The molecule has 9 nitrogen and oxygen atoms in total. The van der Waals surface area contributed by atoms with E-state index in [-0.39, 0.29) is 26.1 Å². The summed E-state index contributed by atoms with van der Waals surface area (Å²) in [7, 11) is -0.749. The molecule has 0 heterocycles. The number of likely N-dealkylation sites (N-methyl/N-ethyl adjacent to an activating group) is 1. The molecule has 0 bridgehead atoms. The number of hydrogen-bond donors (Lipinski definition) is 1. The Hall–Kier alpha value is -2.81. The Bertz CT molecular complexity index is 1220. The molecular formula is C47H80NO8P. The monoisotopic (exact) mass is 818 g/mol. The van der Waals surface area contributed by atoms with Crippen LogP contribution in [0.3, 0.4) is 0 Å². The first-order valence-electron chi connectivity index (χ1n) is 21.9. The fourth-order valence-corrected chi connectivity index (χ4v) is 6.07. The standard InChI is InChI=1S/C47H80NO8P/c1-5-7-9-11-13-15-17-19-21-22-23-24-26-28-30-32-34-36-38-40-47(50)56-45(44-55-57(51,52)54-42-41-48(3)4)43-53-46(49)39-37-35-33-31-29-27-25-20-18-16-14-12-10-8-6-2/h7,9,13-16,19-21,23-25,28,30,45H,5-6,8,10-12,17-18,22,26-27,29,31-44H2,1-4H3,(H,51,52)/b9-7-,15-13-,16-14-,21-19-,24-23-,25-20-,30-28-. The molecule has 0 aromatic rings. The third kappa shape index (κ3) is 42.6. The largest absolute Gasteiger partial charge is 0.472 e. The van der Waals surface area contributed by atoms with Crippen LogP contribution in [0.1, 0.15) is 155 Å². The Morgan fingerprint density at radius 3 is 1.51 bits per heavy atom. The normalized spacial score (nSPS) is 14.2. The van der Waals surface area contributed by atoms with Gasteiger partial charge in [-0.25, -0.2) is 4.57 Å². The number of nitrogens with zero attached hydrogens (tertiary/aromatic N) is 1. The number of allylic oxidation sites excluding steroid dienone is 14. The van der Waals surface area contributed by atoms with Crippen molar-refractivity contribution in [2.24, 2.45) is 0 Å². The van der Waals surface area contributed by atoms with Gasteiger partial charge >= 0.3 is 19.8 Å². The summed E-state index contributed by atoms with van der Waals surface area (Å²) in [5, 5.41) is 0. The molecule has 0 aliphatic heterocycles. The van der Waals surface area contributed by atoms with Gasteiger partial charge in [0.25, 0.3) is 0 Å². The highest BCUT2D eigenvalue weighted by atomic mass is 31.2. The van der Waals surface area contributed by atoms with E-state index in [1.807, 2.05) is 19.0 Å². The van der Waals surface area contributed by atoms with Crippen molar-refractivity contribution in [2.45, 2.75) is 161 Å². The highest BCUT2D eigenvalue weighted by molar-refractivity contribution is 7.47. The lowest BCUT2D eigenvalue weighted by Crippen LogP contribution is -2.29. The van der Waals surface area contributed by atoms with Gasteiger partial charge in [0.15, 0.2) is 6.10 Å². The number of rotatable bonds is 39. The predicted molar refractivity (Wildman–Crippen MR) is 238 cm³/mol. The van der Waals surface area contributed by atoms with E-state index in [2.05, 4.69) is 98.9 Å². The Kier molecular flexibility index (Phi) is 39.3. The van der Waals surface area contributed by atoms with Crippen LogP contribution in [0.25, 0.3) is 0 Å². The molecule has 0 fully saturated rings. The van der Waals surface area contributed by atoms with Crippen LogP contribution in [-0.2, 0) is 32.7 Å². The number of carbonyl (C=O) groups excluding carboxylic acids is 2. The SMILES string of the molecule is CC/C=C\C/C=C\C/C=C\C/C=C\C/C=C\CCCCCC(=O)OC(COC(=O)CCCCCCC/C=C\C/C=C\CCCCC)COP(=O)(O)OCCN(C)C. The topological polar surface area (TPSA) is 112 Å². The number of phosphoric acid groups is 1. The van der Waals surface area contributed by atoms with Crippen molar-refractivity contribution in [1.82, 2.24) is 4.90 Å². The van der Waals surface area contributed by atoms with E-state index in [0.29, 0.717) is 19.4 Å². The first-order valence-corrected chi connectivity index (χ1v) is 23.4. The van der Waals surface area contributed by atoms with E-state index in [0.717, 1.165) is 89.9 Å². The molecule has 57 heavy (non-hydrogen) atoms. The molecule has 2 unspecified atom stereocenters.